The number of hydrogen-bond donors (Lipinski definition) is 1. The first-order chi connectivity index (χ1) is 12.9. The highest BCUT2D eigenvalue weighted by Crippen LogP contribution is 2.13. The maximum Gasteiger partial charge on any atom is 0.338 e. The SMILES string of the molecule is CC.COC(=O)c1ccc(Cn2c(=O)[nH]c3ccc(C)cc3c2=O)cc1C. The van der Waals surface area contributed by atoms with Crippen molar-refractivity contribution >= 4 is 16.9 Å². The average Bonchev–Trinajstić information content (AvgIpc) is 2.67. The third-order valence-electron chi connectivity index (χ3n) is 4.17. The van der Waals surface area contributed by atoms with Crippen LogP contribution < -0.4 is 11.2 Å². The van der Waals surface area contributed by atoms with E-state index in [9.17, 15) is 14.4 Å². The minimum atomic E-state index is -0.462. The van der Waals surface area contributed by atoms with Crippen molar-refractivity contribution in [1.82, 2.24) is 9.55 Å². The molecule has 0 aliphatic rings. The lowest BCUT2D eigenvalue weighted by Crippen LogP contribution is -2.35. The molecule has 3 aromatic rings. The number of benzene rings is 2. The minimum absolute atomic E-state index is 0.125. The minimum Gasteiger partial charge on any atom is -0.465 e. The van der Waals surface area contributed by atoms with E-state index in [1.165, 1.54) is 7.11 Å². The molecule has 2 aromatic carbocycles. The number of ether oxygens (including phenoxy) is 1. The summed E-state index contributed by atoms with van der Waals surface area (Å²) in [6, 6.07) is 10.5. The molecule has 0 atom stereocenters. The molecule has 0 bridgehead atoms. The number of carbonyl (C=O) groups is 1. The van der Waals surface area contributed by atoms with E-state index in [-0.39, 0.29) is 12.1 Å². The Kier molecular flexibility index (Phi) is 6.34. The predicted molar refractivity (Wildman–Crippen MR) is 107 cm³/mol. The molecule has 0 fully saturated rings. The lowest BCUT2D eigenvalue weighted by molar-refractivity contribution is 0.0600. The van der Waals surface area contributed by atoms with Gasteiger partial charge in [0.2, 0.25) is 0 Å². The highest BCUT2D eigenvalue weighted by atomic mass is 16.5. The van der Waals surface area contributed by atoms with E-state index < -0.39 is 11.7 Å². The number of aromatic amines is 1. The van der Waals surface area contributed by atoms with Gasteiger partial charge in [-0.05, 0) is 43.2 Å². The Morgan fingerprint density at radius 1 is 1.07 bits per heavy atom. The normalized spacial score (nSPS) is 10.3. The van der Waals surface area contributed by atoms with Crippen LogP contribution in [0.25, 0.3) is 10.9 Å². The van der Waals surface area contributed by atoms with Crippen LogP contribution in [0.1, 0.15) is 40.9 Å². The molecule has 6 heteroatoms. The summed E-state index contributed by atoms with van der Waals surface area (Å²) in [4.78, 5) is 39.4. The second-order valence-electron chi connectivity index (χ2n) is 6.01. The summed E-state index contributed by atoms with van der Waals surface area (Å²) >= 11 is 0. The van der Waals surface area contributed by atoms with Gasteiger partial charge in [0.15, 0.2) is 0 Å². The number of rotatable bonds is 3. The fraction of sp³-hybridized carbons (Fsp3) is 0.286. The van der Waals surface area contributed by atoms with Crippen molar-refractivity contribution < 1.29 is 9.53 Å². The molecule has 1 N–H and O–H groups in total. The standard InChI is InChI=1S/C19H18N2O4.C2H6/c1-11-4-7-16-15(8-11)17(22)21(19(24)20-16)10-13-5-6-14(12(2)9-13)18(23)25-3;1-2/h4-9H,10H2,1-3H3,(H,20,24);1-2H3. The van der Waals surface area contributed by atoms with Gasteiger partial charge in [-0.1, -0.05) is 37.6 Å². The van der Waals surface area contributed by atoms with Crippen LogP contribution in [0.15, 0.2) is 46.0 Å². The molecule has 3 rings (SSSR count). The molecule has 0 amide bonds. The van der Waals surface area contributed by atoms with Crippen molar-refractivity contribution in [3.8, 4) is 0 Å². The first kappa shape index (κ1) is 20.2. The van der Waals surface area contributed by atoms with Gasteiger partial charge >= 0.3 is 11.7 Å². The van der Waals surface area contributed by atoms with Gasteiger partial charge in [0.25, 0.3) is 5.56 Å². The molecule has 6 nitrogen and oxygen atoms in total. The van der Waals surface area contributed by atoms with E-state index in [1.807, 2.05) is 26.8 Å². The lowest BCUT2D eigenvalue weighted by atomic mass is 10.1. The van der Waals surface area contributed by atoms with Crippen LogP contribution in [-0.2, 0) is 11.3 Å². The van der Waals surface area contributed by atoms with E-state index in [0.717, 1.165) is 21.3 Å². The van der Waals surface area contributed by atoms with Crippen molar-refractivity contribution in [3.63, 3.8) is 0 Å². The van der Waals surface area contributed by atoms with E-state index >= 15 is 0 Å². The van der Waals surface area contributed by atoms with Crippen molar-refractivity contribution in [1.29, 1.82) is 0 Å². The molecular weight excluding hydrogens is 344 g/mol. The summed E-state index contributed by atoms with van der Waals surface area (Å²) in [5, 5.41) is 0.475. The van der Waals surface area contributed by atoms with Crippen molar-refractivity contribution in [2.75, 3.05) is 7.11 Å². The van der Waals surface area contributed by atoms with Crippen LogP contribution in [0, 0.1) is 13.8 Å². The van der Waals surface area contributed by atoms with Gasteiger partial charge in [-0.2, -0.15) is 0 Å². The summed E-state index contributed by atoms with van der Waals surface area (Å²) < 4.78 is 5.88. The Balaban J connectivity index is 0.00000126. The fourth-order valence-corrected chi connectivity index (χ4v) is 2.85. The monoisotopic (exact) mass is 368 g/mol. The smallest absolute Gasteiger partial charge is 0.338 e. The Bertz CT molecular complexity index is 1090. The molecule has 1 aromatic heterocycles. The van der Waals surface area contributed by atoms with Gasteiger partial charge in [-0.3, -0.25) is 9.36 Å². The summed E-state index contributed by atoms with van der Waals surface area (Å²) in [5.41, 5.74) is 2.61. The molecular formula is C21H24N2O4. The summed E-state index contributed by atoms with van der Waals surface area (Å²) in [7, 11) is 1.33. The number of carbonyl (C=O) groups excluding carboxylic acids is 1. The van der Waals surface area contributed by atoms with Crippen LogP contribution >= 0.6 is 0 Å². The molecule has 0 aliphatic carbocycles. The number of nitrogens with one attached hydrogen (secondary N) is 1. The molecule has 0 saturated carbocycles. The maximum absolute atomic E-state index is 12.7. The number of hydrogen-bond acceptors (Lipinski definition) is 4. The first-order valence-electron chi connectivity index (χ1n) is 8.82. The summed E-state index contributed by atoms with van der Waals surface area (Å²) in [6.07, 6.45) is 0. The molecule has 27 heavy (non-hydrogen) atoms. The molecule has 1 heterocycles. The van der Waals surface area contributed by atoms with Crippen molar-refractivity contribution in [2.24, 2.45) is 0 Å². The number of methoxy groups -OCH3 is 1. The number of aryl methyl sites for hydroxylation is 2. The van der Waals surface area contributed by atoms with Gasteiger partial charge in [-0.25, -0.2) is 9.59 Å². The van der Waals surface area contributed by atoms with Crippen molar-refractivity contribution in [3.05, 3.63) is 79.5 Å². The van der Waals surface area contributed by atoms with E-state index in [4.69, 9.17) is 4.74 Å². The molecule has 0 aliphatic heterocycles. The second-order valence-corrected chi connectivity index (χ2v) is 6.01. The number of nitrogens with zero attached hydrogens (tertiary/aromatic N) is 1. The molecule has 0 unspecified atom stereocenters. The predicted octanol–water partition coefficient (Wildman–Crippen LogP) is 3.17. The average molecular weight is 368 g/mol. The van der Waals surface area contributed by atoms with E-state index in [0.29, 0.717) is 16.5 Å². The summed E-state index contributed by atoms with van der Waals surface area (Å²) in [5.74, 6) is -0.416. The number of H-pyrrole nitrogens is 1. The Morgan fingerprint density at radius 2 is 1.78 bits per heavy atom. The Morgan fingerprint density at radius 3 is 2.41 bits per heavy atom. The van der Waals surface area contributed by atoms with Gasteiger partial charge in [0.1, 0.15) is 0 Å². The zero-order chi connectivity index (χ0) is 20.1. The van der Waals surface area contributed by atoms with Crippen LogP contribution in [-0.4, -0.2) is 22.6 Å². The molecule has 0 spiro atoms. The topological polar surface area (TPSA) is 81.2 Å². The van der Waals surface area contributed by atoms with E-state index in [2.05, 4.69) is 4.98 Å². The van der Waals surface area contributed by atoms with Crippen LogP contribution in [0.4, 0.5) is 0 Å². The third-order valence-corrected chi connectivity index (χ3v) is 4.17. The zero-order valence-electron chi connectivity index (χ0n) is 16.3. The van der Waals surface area contributed by atoms with Gasteiger partial charge in [0.05, 0.1) is 30.1 Å². The van der Waals surface area contributed by atoms with E-state index in [1.54, 1.807) is 37.3 Å². The zero-order valence-corrected chi connectivity index (χ0v) is 16.3. The highest BCUT2D eigenvalue weighted by molar-refractivity contribution is 5.91. The number of fused-ring (bicyclic) bond motifs is 1. The van der Waals surface area contributed by atoms with Crippen molar-refractivity contribution in [2.45, 2.75) is 34.2 Å². The Labute approximate surface area is 157 Å². The largest absolute Gasteiger partial charge is 0.465 e. The quantitative estimate of drug-likeness (QED) is 0.720. The van der Waals surface area contributed by atoms with Gasteiger partial charge < -0.3 is 9.72 Å². The molecule has 142 valence electrons. The van der Waals surface area contributed by atoms with Crippen LogP contribution in [0.2, 0.25) is 0 Å². The van der Waals surface area contributed by atoms with Crippen LogP contribution in [0.3, 0.4) is 0 Å². The van der Waals surface area contributed by atoms with Gasteiger partial charge in [-0.15, -0.1) is 0 Å². The lowest BCUT2D eigenvalue weighted by Gasteiger charge is -2.09. The van der Waals surface area contributed by atoms with Gasteiger partial charge in [0, 0.05) is 0 Å². The molecule has 0 saturated heterocycles. The highest BCUT2D eigenvalue weighted by Gasteiger charge is 2.12. The molecule has 0 radical (unpaired) electrons. The third kappa shape index (κ3) is 4.16. The summed E-state index contributed by atoms with van der Waals surface area (Å²) in [6.45, 7) is 7.80. The first-order valence-corrected chi connectivity index (χ1v) is 8.82. The second kappa shape index (κ2) is 8.49. The number of esters is 1. The maximum atomic E-state index is 12.7. The Hall–Kier alpha value is -3.15. The fourth-order valence-electron chi connectivity index (χ4n) is 2.85. The van der Waals surface area contributed by atoms with Crippen LogP contribution in [0.5, 0.6) is 0 Å². The number of aromatic nitrogens is 2.